The van der Waals surface area contributed by atoms with Gasteiger partial charge in [0.15, 0.2) is 0 Å². The molecule has 0 aliphatic carbocycles. The Morgan fingerprint density at radius 3 is 2.72 bits per heavy atom. The standard InChI is InChI=1S/C11H13ClF3NO2/c12-8-2-1-3-10(4-8)18-6-9(17)5-16-7-11(13,14)15/h1-4,9,16-17H,5-7H2. The number of hydrogen-bond donors (Lipinski definition) is 2. The lowest BCUT2D eigenvalue weighted by molar-refractivity contribution is -0.125. The largest absolute Gasteiger partial charge is 0.491 e. The van der Waals surface area contributed by atoms with Gasteiger partial charge in [-0.1, -0.05) is 17.7 Å². The highest BCUT2D eigenvalue weighted by atomic mass is 35.5. The quantitative estimate of drug-likeness (QED) is 0.841. The van der Waals surface area contributed by atoms with Crippen molar-refractivity contribution in [3.63, 3.8) is 0 Å². The van der Waals surface area contributed by atoms with Gasteiger partial charge in [-0.2, -0.15) is 13.2 Å². The van der Waals surface area contributed by atoms with Gasteiger partial charge in [-0.3, -0.25) is 0 Å². The second kappa shape index (κ2) is 6.82. The third kappa shape index (κ3) is 6.68. The summed E-state index contributed by atoms with van der Waals surface area (Å²) in [4.78, 5) is 0. The van der Waals surface area contributed by atoms with E-state index >= 15 is 0 Å². The molecule has 1 aromatic carbocycles. The number of rotatable bonds is 6. The zero-order chi connectivity index (χ0) is 13.6. The van der Waals surface area contributed by atoms with E-state index in [4.69, 9.17) is 16.3 Å². The van der Waals surface area contributed by atoms with Crippen LogP contribution in [0.15, 0.2) is 24.3 Å². The van der Waals surface area contributed by atoms with Crippen LogP contribution in [-0.4, -0.2) is 37.1 Å². The summed E-state index contributed by atoms with van der Waals surface area (Å²) in [6, 6.07) is 6.53. The predicted molar refractivity (Wildman–Crippen MR) is 61.9 cm³/mol. The lowest BCUT2D eigenvalue weighted by Crippen LogP contribution is -2.37. The topological polar surface area (TPSA) is 41.5 Å². The molecule has 2 N–H and O–H groups in total. The molecule has 1 atom stereocenters. The molecular formula is C11H13ClF3NO2. The summed E-state index contributed by atoms with van der Waals surface area (Å²) in [7, 11) is 0. The Bertz CT molecular complexity index is 374. The second-order valence-electron chi connectivity index (χ2n) is 3.67. The highest BCUT2D eigenvalue weighted by molar-refractivity contribution is 6.30. The molecule has 1 unspecified atom stereocenters. The number of nitrogens with one attached hydrogen (secondary N) is 1. The van der Waals surface area contributed by atoms with Crippen LogP contribution in [0.4, 0.5) is 13.2 Å². The molecule has 1 aromatic rings. The van der Waals surface area contributed by atoms with Gasteiger partial charge in [0.2, 0.25) is 0 Å². The maximum absolute atomic E-state index is 11.8. The number of ether oxygens (including phenoxy) is 1. The fourth-order valence-electron chi connectivity index (χ4n) is 1.19. The molecule has 0 radical (unpaired) electrons. The van der Waals surface area contributed by atoms with Crippen molar-refractivity contribution in [3.8, 4) is 5.75 Å². The van der Waals surface area contributed by atoms with Gasteiger partial charge in [-0.15, -0.1) is 0 Å². The van der Waals surface area contributed by atoms with Crippen molar-refractivity contribution in [1.82, 2.24) is 5.32 Å². The molecule has 0 aliphatic rings. The molecule has 0 saturated carbocycles. The van der Waals surface area contributed by atoms with Gasteiger partial charge < -0.3 is 15.2 Å². The number of hydrogen-bond acceptors (Lipinski definition) is 3. The summed E-state index contributed by atoms with van der Waals surface area (Å²) in [6.45, 7) is -1.44. The molecular weight excluding hydrogens is 271 g/mol. The molecule has 0 fully saturated rings. The first-order valence-electron chi connectivity index (χ1n) is 5.21. The molecule has 0 amide bonds. The van der Waals surface area contributed by atoms with Crippen molar-refractivity contribution in [1.29, 1.82) is 0 Å². The Balaban J connectivity index is 2.23. The van der Waals surface area contributed by atoms with Gasteiger partial charge in [-0.05, 0) is 18.2 Å². The first-order valence-corrected chi connectivity index (χ1v) is 5.58. The molecule has 0 aromatic heterocycles. The summed E-state index contributed by atoms with van der Waals surface area (Å²) in [5.41, 5.74) is 0. The van der Waals surface area contributed by atoms with Crippen molar-refractivity contribution >= 4 is 11.6 Å². The summed E-state index contributed by atoms with van der Waals surface area (Å²) < 4.78 is 40.6. The second-order valence-corrected chi connectivity index (χ2v) is 4.10. The van der Waals surface area contributed by atoms with Crippen molar-refractivity contribution < 1.29 is 23.0 Å². The molecule has 0 spiro atoms. The summed E-state index contributed by atoms with van der Waals surface area (Å²) in [5, 5.41) is 12.0. The zero-order valence-corrected chi connectivity index (χ0v) is 10.1. The van der Waals surface area contributed by atoms with E-state index in [1.54, 1.807) is 24.3 Å². The third-order valence-electron chi connectivity index (χ3n) is 1.94. The van der Waals surface area contributed by atoms with Crippen LogP contribution in [0.25, 0.3) is 0 Å². The maximum Gasteiger partial charge on any atom is 0.401 e. The van der Waals surface area contributed by atoms with Crippen molar-refractivity contribution in [2.75, 3.05) is 19.7 Å². The zero-order valence-electron chi connectivity index (χ0n) is 9.38. The van der Waals surface area contributed by atoms with Gasteiger partial charge in [-0.25, -0.2) is 0 Å². The molecule has 1 rings (SSSR count). The van der Waals surface area contributed by atoms with E-state index in [1.807, 2.05) is 0 Å². The number of halogens is 4. The molecule has 18 heavy (non-hydrogen) atoms. The minimum atomic E-state index is -4.28. The number of alkyl halides is 3. The van der Waals surface area contributed by atoms with Crippen LogP contribution < -0.4 is 10.1 Å². The minimum Gasteiger partial charge on any atom is -0.491 e. The summed E-state index contributed by atoms with van der Waals surface area (Å²) in [5.74, 6) is 0.456. The summed E-state index contributed by atoms with van der Waals surface area (Å²) >= 11 is 5.71. The number of benzene rings is 1. The molecule has 0 aliphatic heterocycles. The predicted octanol–water partition coefficient (Wildman–Crippen LogP) is 2.23. The van der Waals surface area contributed by atoms with Crippen LogP contribution in [0.5, 0.6) is 5.75 Å². The van der Waals surface area contributed by atoms with Gasteiger partial charge in [0.05, 0.1) is 6.54 Å². The van der Waals surface area contributed by atoms with Crippen molar-refractivity contribution in [2.24, 2.45) is 0 Å². The van der Waals surface area contributed by atoms with E-state index in [9.17, 15) is 18.3 Å². The average molecular weight is 284 g/mol. The van der Waals surface area contributed by atoms with Crippen molar-refractivity contribution in [2.45, 2.75) is 12.3 Å². The smallest absolute Gasteiger partial charge is 0.401 e. The minimum absolute atomic E-state index is 0.106. The van der Waals surface area contributed by atoms with Crippen LogP contribution in [-0.2, 0) is 0 Å². The number of aliphatic hydroxyl groups is 1. The van der Waals surface area contributed by atoms with Crippen LogP contribution in [0.1, 0.15) is 0 Å². The Labute approximate surface area is 108 Å². The average Bonchev–Trinajstić information content (AvgIpc) is 2.25. The molecule has 0 saturated heterocycles. The fourth-order valence-corrected chi connectivity index (χ4v) is 1.37. The van der Waals surface area contributed by atoms with Crippen LogP contribution in [0, 0.1) is 0 Å². The van der Waals surface area contributed by atoms with Crippen LogP contribution >= 0.6 is 11.6 Å². The van der Waals surface area contributed by atoms with E-state index in [0.717, 1.165) is 0 Å². The maximum atomic E-state index is 11.8. The highest BCUT2D eigenvalue weighted by Crippen LogP contribution is 2.17. The lowest BCUT2D eigenvalue weighted by Gasteiger charge is -2.14. The fraction of sp³-hybridized carbons (Fsp3) is 0.455. The van der Waals surface area contributed by atoms with Gasteiger partial charge in [0.25, 0.3) is 0 Å². The van der Waals surface area contributed by atoms with E-state index in [2.05, 4.69) is 5.32 Å². The lowest BCUT2D eigenvalue weighted by atomic mass is 10.3. The van der Waals surface area contributed by atoms with E-state index in [1.165, 1.54) is 0 Å². The number of aliphatic hydroxyl groups excluding tert-OH is 1. The molecule has 0 bridgehead atoms. The SMILES string of the molecule is OC(CNCC(F)(F)F)COc1cccc(Cl)c1. The van der Waals surface area contributed by atoms with Gasteiger partial charge in [0.1, 0.15) is 18.5 Å². The van der Waals surface area contributed by atoms with Gasteiger partial charge in [0, 0.05) is 11.6 Å². The normalized spacial score (nSPS) is 13.4. The highest BCUT2D eigenvalue weighted by Gasteiger charge is 2.26. The van der Waals surface area contributed by atoms with Crippen molar-refractivity contribution in [3.05, 3.63) is 29.3 Å². The van der Waals surface area contributed by atoms with E-state index in [0.29, 0.717) is 10.8 Å². The Morgan fingerprint density at radius 2 is 2.11 bits per heavy atom. The van der Waals surface area contributed by atoms with Crippen LogP contribution in [0.2, 0.25) is 5.02 Å². The van der Waals surface area contributed by atoms with E-state index in [-0.39, 0.29) is 13.2 Å². The Kier molecular flexibility index (Phi) is 5.71. The van der Waals surface area contributed by atoms with E-state index < -0.39 is 18.8 Å². The molecule has 7 heteroatoms. The molecule has 102 valence electrons. The van der Waals surface area contributed by atoms with Crippen LogP contribution in [0.3, 0.4) is 0 Å². The molecule has 3 nitrogen and oxygen atoms in total. The summed E-state index contributed by atoms with van der Waals surface area (Å²) in [6.07, 6.45) is -5.31. The molecule has 0 heterocycles. The Hall–Kier alpha value is -0.980. The first-order chi connectivity index (χ1) is 8.37. The first kappa shape index (κ1) is 15.1. The van der Waals surface area contributed by atoms with Gasteiger partial charge >= 0.3 is 6.18 Å². The Morgan fingerprint density at radius 1 is 1.39 bits per heavy atom. The monoisotopic (exact) mass is 283 g/mol. The third-order valence-corrected chi connectivity index (χ3v) is 2.18.